The summed E-state index contributed by atoms with van der Waals surface area (Å²) in [7, 11) is -3.53. The second-order valence-corrected chi connectivity index (χ2v) is 8.72. The fourth-order valence-electron chi connectivity index (χ4n) is 4.11. The van der Waals surface area contributed by atoms with Gasteiger partial charge in [0.05, 0.1) is 11.9 Å². The van der Waals surface area contributed by atoms with Crippen molar-refractivity contribution in [1.82, 2.24) is 5.32 Å². The smallest absolute Gasteiger partial charge is 0.243 e. The Bertz CT molecular complexity index is 674. The molecule has 1 aromatic carbocycles. The van der Waals surface area contributed by atoms with Gasteiger partial charge < -0.3 is 5.32 Å². The molecule has 0 saturated heterocycles. The van der Waals surface area contributed by atoms with Gasteiger partial charge in [0.15, 0.2) is 0 Å². The van der Waals surface area contributed by atoms with Crippen molar-refractivity contribution in [2.24, 2.45) is 11.8 Å². The molecule has 2 aliphatic rings. The van der Waals surface area contributed by atoms with Crippen molar-refractivity contribution in [2.75, 3.05) is 10.6 Å². The van der Waals surface area contributed by atoms with Crippen LogP contribution < -0.4 is 9.62 Å². The molecule has 3 rings (SSSR count). The highest BCUT2D eigenvalue weighted by molar-refractivity contribution is 7.92. The molecule has 0 radical (unpaired) electrons. The highest BCUT2D eigenvalue weighted by atomic mass is 32.2. The first-order chi connectivity index (χ1) is 10.9. The molecule has 2 aliphatic carbocycles. The number of carbonyl (C=O) groups is 1. The molecule has 5 nitrogen and oxygen atoms in total. The number of amides is 1. The number of fused-ring (bicyclic) bond motifs is 2. The van der Waals surface area contributed by atoms with Crippen molar-refractivity contribution in [3.8, 4) is 0 Å². The lowest BCUT2D eigenvalue weighted by Gasteiger charge is -2.30. The zero-order chi connectivity index (χ0) is 16.6. The average molecular weight is 336 g/mol. The third-order valence-electron chi connectivity index (χ3n) is 5.16. The summed E-state index contributed by atoms with van der Waals surface area (Å²) in [5.41, 5.74) is 0.519. The maximum Gasteiger partial charge on any atom is 0.243 e. The van der Waals surface area contributed by atoms with Crippen LogP contribution in [-0.2, 0) is 14.8 Å². The zero-order valence-corrected chi connectivity index (χ0v) is 14.4. The molecule has 6 heteroatoms. The maximum absolute atomic E-state index is 12.6. The Labute approximate surface area is 138 Å². The van der Waals surface area contributed by atoms with Gasteiger partial charge >= 0.3 is 0 Å². The van der Waals surface area contributed by atoms with Crippen molar-refractivity contribution in [1.29, 1.82) is 0 Å². The standard InChI is InChI=1S/C17H24N2O3S/c1-12(17(20)18-16-11-13-8-9-14(16)10-13)19(23(2,21)22)15-6-4-3-5-7-15/h3-7,12-14,16H,8-11H2,1-2H3,(H,18,20)/t12-,13+,14+,16+/m1/s1. The molecule has 0 heterocycles. The van der Waals surface area contributed by atoms with E-state index in [0.29, 0.717) is 11.6 Å². The van der Waals surface area contributed by atoms with Gasteiger partial charge in [0.2, 0.25) is 15.9 Å². The van der Waals surface area contributed by atoms with Crippen LogP contribution >= 0.6 is 0 Å². The van der Waals surface area contributed by atoms with Gasteiger partial charge in [-0.25, -0.2) is 8.42 Å². The Morgan fingerprint density at radius 2 is 1.91 bits per heavy atom. The first-order valence-corrected chi connectivity index (χ1v) is 10.1. The van der Waals surface area contributed by atoms with E-state index < -0.39 is 16.1 Å². The van der Waals surface area contributed by atoms with Crippen LogP contribution in [0.4, 0.5) is 5.69 Å². The van der Waals surface area contributed by atoms with Gasteiger partial charge in [-0.15, -0.1) is 0 Å². The molecule has 0 unspecified atom stereocenters. The minimum absolute atomic E-state index is 0.209. The van der Waals surface area contributed by atoms with Crippen LogP contribution in [0.3, 0.4) is 0 Å². The lowest BCUT2D eigenvalue weighted by atomic mass is 9.95. The van der Waals surface area contributed by atoms with E-state index >= 15 is 0 Å². The summed E-state index contributed by atoms with van der Waals surface area (Å²) < 4.78 is 25.6. The van der Waals surface area contributed by atoms with Crippen LogP contribution in [0, 0.1) is 11.8 Å². The predicted molar refractivity (Wildman–Crippen MR) is 90.6 cm³/mol. The zero-order valence-electron chi connectivity index (χ0n) is 13.6. The lowest BCUT2D eigenvalue weighted by molar-refractivity contribution is -0.122. The third kappa shape index (κ3) is 3.37. The Kier molecular flexibility index (Phi) is 4.36. The van der Waals surface area contributed by atoms with Crippen molar-refractivity contribution in [3.05, 3.63) is 30.3 Å². The van der Waals surface area contributed by atoms with Gasteiger partial charge in [0, 0.05) is 6.04 Å². The Balaban J connectivity index is 1.75. The molecular weight excluding hydrogens is 312 g/mol. The van der Waals surface area contributed by atoms with Crippen LogP contribution in [-0.4, -0.2) is 32.7 Å². The lowest BCUT2D eigenvalue weighted by Crippen LogP contribution is -2.51. The van der Waals surface area contributed by atoms with Crippen molar-refractivity contribution in [3.63, 3.8) is 0 Å². The highest BCUT2D eigenvalue weighted by Crippen LogP contribution is 2.44. The van der Waals surface area contributed by atoms with Crippen LogP contribution in [0.1, 0.15) is 32.6 Å². The van der Waals surface area contributed by atoms with Crippen molar-refractivity contribution in [2.45, 2.75) is 44.7 Å². The van der Waals surface area contributed by atoms with Gasteiger partial charge in [-0.05, 0) is 50.2 Å². The Morgan fingerprint density at radius 3 is 2.43 bits per heavy atom. The SMILES string of the molecule is C[C@H](C(=O)N[C@H]1C[C@H]2CC[C@H]1C2)N(c1ccccc1)S(C)(=O)=O. The second kappa shape index (κ2) is 6.15. The van der Waals surface area contributed by atoms with E-state index in [1.807, 2.05) is 6.07 Å². The molecule has 1 N–H and O–H groups in total. The summed E-state index contributed by atoms with van der Waals surface area (Å²) in [6.07, 6.45) is 5.83. The van der Waals surface area contributed by atoms with Gasteiger partial charge in [-0.1, -0.05) is 24.6 Å². The molecule has 4 atom stereocenters. The number of benzene rings is 1. The van der Waals surface area contributed by atoms with Gasteiger partial charge in [0.25, 0.3) is 0 Å². The van der Waals surface area contributed by atoms with Crippen LogP contribution in [0.5, 0.6) is 0 Å². The third-order valence-corrected chi connectivity index (χ3v) is 6.41. The number of para-hydroxylation sites is 1. The largest absolute Gasteiger partial charge is 0.351 e. The van der Waals surface area contributed by atoms with Gasteiger partial charge in [-0.2, -0.15) is 0 Å². The quantitative estimate of drug-likeness (QED) is 0.896. The summed E-state index contributed by atoms with van der Waals surface area (Å²) in [6.45, 7) is 1.65. The van der Waals surface area contributed by atoms with E-state index in [2.05, 4.69) is 5.32 Å². The first-order valence-electron chi connectivity index (χ1n) is 8.21. The minimum Gasteiger partial charge on any atom is -0.351 e. The molecule has 0 aromatic heterocycles. The van der Waals surface area contributed by atoms with E-state index in [0.717, 1.165) is 18.6 Å². The number of nitrogens with zero attached hydrogens (tertiary/aromatic N) is 1. The molecule has 0 aliphatic heterocycles. The molecule has 1 aromatic rings. The van der Waals surface area contributed by atoms with Gasteiger partial charge in [0.1, 0.15) is 6.04 Å². The van der Waals surface area contributed by atoms with Crippen LogP contribution in [0.2, 0.25) is 0 Å². The molecule has 0 spiro atoms. The van der Waals surface area contributed by atoms with Crippen LogP contribution in [0.25, 0.3) is 0 Å². The fraction of sp³-hybridized carbons (Fsp3) is 0.588. The molecule has 23 heavy (non-hydrogen) atoms. The first kappa shape index (κ1) is 16.3. The molecular formula is C17H24N2O3S. The number of carbonyl (C=O) groups excluding carboxylic acids is 1. The van der Waals surface area contributed by atoms with E-state index in [9.17, 15) is 13.2 Å². The fourth-order valence-corrected chi connectivity index (χ4v) is 5.28. The topological polar surface area (TPSA) is 66.5 Å². The van der Waals surface area contributed by atoms with Crippen LogP contribution in [0.15, 0.2) is 30.3 Å². The molecule has 2 saturated carbocycles. The number of hydrogen-bond acceptors (Lipinski definition) is 3. The number of sulfonamides is 1. The minimum atomic E-state index is -3.53. The molecule has 126 valence electrons. The average Bonchev–Trinajstić information content (AvgIpc) is 3.09. The Morgan fingerprint density at radius 1 is 1.22 bits per heavy atom. The normalized spacial score (nSPS) is 27.7. The highest BCUT2D eigenvalue weighted by Gasteiger charge is 2.41. The number of anilines is 1. The Hall–Kier alpha value is -1.56. The number of rotatable bonds is 5. The second-order valence-electron chi connectivity index (χ2n) is 6.86. The van der Waals surface area contributed by atoms with E-state index in [1.165, 1.54) is 23.6 Å². The summed E-state index contributed by atoms with van der Waals surface area (Å²) in [6, 6.07) is 8.24. The van der Waals surface area contributed by atoms with E-state index in [-0.39, 0.29) is 11.9 Å². The van der Waals surface area contributed by atoms with Crippen molar-refractivity contribution >= 4 is 21.6 Å². The summed E-state index contributed by atoms with van der Waals surface area (Å²) in [4.78, 5) is 12.6. The monoisotopic (exact) mass is 336 g/mol. The van der Waals surface area contributed by atoms with E-state index in [4.69, 9.17) is 0 Å². The molecule has 2 fully saturated rings. The maximum atomic E-state index is 12.6. The predicted octanol–water partition coefficient (Wildman–Crippen LogP) is 2.15. The van der Waals surface area contributed by atoms with Crippen molar-refractivity contribution < 1.29 is 13.2 Å². The molecule has 1 amide bonds. The van der Waals surface area contributed by atoms with E-state index in [1.54, 1.807) is 31.2 Å². The van der Waals surface area contributed by atoms with Gasteiger partial charge in [-0.3, -0.25) is 9.10 Å². The summed E-state index contributed by atoms with van der Waals surface area (Å²) >= 11 is 0. The summed E-state index contributed by atoms with van der Waals surface area (Å²) in [5.74, 6) is 1.09. The summed E-state index contributed by atoms with van der Waals surface area (Å²) in [5, 5.41) is 3.09. The molecule has 2 bridgehead atoms. The number of hydrogen-bond donors (Lipinski definition) is 1. The number of nitrogens with one attached hydrogen (secondary N) is 1.